The largest absolute Gasteiger partial charge is 0.507 e. The van der Waals surface area contributed by atoms with Gasteiger partial charge in [-0.3, -0.25) is 14.4 Å². The fraction of sp³-hybridized carbons (Fsp3) is 0.524. The van der Waals surface area contributed by atoms with Crippen LogP contribution >= 0.6 is 0 Å². The lowest BCUT2D eigenvalue weighted by molar-refractivity contribution is -0.145. The van der Waals surface area contributed by atoms with Gasteiger partial charge in [0, 0.05) is 26.0 Å². The van der Waals surface area contributed by atoms with E-state index in [1.165, 1.54) is 20.3 Å². The van der Waals surface area contributed by atoms with Gasteiger partial charge in [-0.1, -0.05) is 0 Å². The molecule has 0 radical (unpaired) electrons. The van der Waals surface area contributed by atoms with Crippen molar-refractivity contribution >= 4 is 23.3 Å². The number of phenolic OH excluding ortho intramolecular Hbond substituents is 1. The second-order valence-electron chi connectivity index (χ2n) is 6.97. The van der Waals surface area contributed by atoms with Crippen LogP contribution in [0, 0.1) is 0 Å². The number of fused-ring (bicyclic) bond motifs is 1. The van der Waals surface area contributed by atoms with Crippen molar-refractivity contribution in [3.05, 3.63) is 23.3 Å². The smallest absolute Gasteiger partial charge is 0.342 e. The van der Waals surface area contributed by atoms with Crippen LogP contribution in [0.15, 0.2) is 12.1 Å². The van der Waals surface area contributed by atoms with Gasteiger partial charge in [0.05, 0.1) is 13.2 Å². The van der Waals surface area contributed by atoms with Gasteiger partial charge in [0.25, 0.3) is 5.78 Å². The summed E-state index contributed by atoms with van der Waals surface area (Å²) in [6.07, 6.45) is -1.50. The molecule has 0 bridgehead atoms. The van der Waals surface area contributed by atoms with E-state index in [1.54, 1.807) is 13.0 Å². The second-order valence-corrected chi connectivity index (χ2v) is 6.97. The Morgan fingerprint density at radius 1 is 1.07 bits per heavy atom. The molecule has 0 saturated heterocycles. The first-order valence-electron chi connectivity index (χ1n) is 9.60. The predicted octanol–water partition coefficient (Wildman–Crippen LogP) is 1.76. The van der Waals surface area contributed by atoms with Crippen molar-refractivity contribution in [2.24, 2.45) is 0 Å². The number of aryl methyl sites for hydroxylation is 1. The zero-order chi connectivity index (χ0) is 22.3. The molecule has 0 spiro atoms. The zero-order valence-electron chi connectivity index (χ0n) is 17.3. The van der Waals surface area contributed by atoms with Crippen molar-refractivity contribution in [3.8, 4) is 11.5 Å². The highest BCUT2D eigenvalue weighted by Gasteiger charge is 2.29. The molecule has 2 atom stereocenters. The maximum absolute atomic E-state index is 12.8. The van der Waals surface area contributed by atoms with Crippen LogP contribution in [0.3, 0.4) is 0 Å². The topological polar surface area (TPSA) is 125 Å². The number of Topliss-reactive ketones (excluding diaryl/α,β-unsaturated/α-hetero) is 3. The van der Waals surface area contributed by atoms with Gasteiger partial charge in [-0.2, -0.15) is 0 Å². The number of phenols is 1. The lowest BCUT2D eigenvalue weighted by atomic mass is 9.96. The van der Waals surface area contributed by atoms with Gasteiger partial charge in [-0.25, -0.2) is 4.79 Å². The minimum atomic E-state index is -1.05. The van der Waals surface area contributed by atoms with E-state index in [0.717, 1.165) is 0 Å². The summed E-state index contributed by atoms with van der Waals surface area (Å²) in [6, 6.07) is 2.85. The Balaban J connectivity index is 2.40. The molecule has 0 amide bonds. The van der Waals surface area contributed by atoms with Gasteiger partial charge in [-0.15, -0.1) is 0 Å². The SMILES string of the molecule is COCOC1CCC(=O)C(=O)C(=O)CCCc2cc(OC)cc(O)c2C(=O)O[C@H]1C. The number of hydrogen-bond donors (Lipinski definition) is 1. The molecule has 30 heavy (non-hydrogen) atoms. The third kappa shape index (κ3) is 5.87. The van der Waals surface area contributed by atoms with E-state index in [2.05, 4.69) is 0 Å². The van der Waals surface area contributed by atoms with E-state index in [1.807, 2.05) is 0 Å². The van der Waals surface area contributed by atoms with Gasteiger partial charge in [0.1, 0.15) is 30.0 Å². The molecule has 1 heterocycles. The first kappa shape index (κ1) is 23.5. The Morgan fingerprint density at radius 3 is 2.43 bits per heavy atom. The Hall–Kier alpha value is -2.78. The van der Waals surface area contributed by atoms with Gasteiger partial charge in [0.15, 0.2) is 0 Å². The Bertz CT molecular complexity index is 815. The zero-order valence-corrected chi connectivity index (χ0v) is 17.3. The maximum Gasteiger partial charge on any atom is 0.342 e. The van der Waals surface area contributed by atoms with Crippen molar-refractivity contribution in [1.29, 1.82) is 0 Å². The molecule has 164 valence electrons. The highest BCUT2D eigenvalue weighted by molar-refractivity contribution is 6.63. The van der Waals surface area contributed by atoms with Crippen LogP contribution in [0.4, 0.5) is 0 Å². The molecule has 2 rings (SSSR count). The van der Waals surface area contributed by atoms with Gasteiger partial charge < -0.3 is 24.1 Å². The number of methoxy groups -OCH3 is 2. The average molecular weight is 422 g/mol. The monoisotopic (exact) mass is 422 g/mol. The van der Waals surface area contributed by atoms with E-state index in [-0.39, 0.29) is 50.2 Å². The molecule has 1 unspecified atom stereocenters. The number of carbonyl (C=O) groups is 4. The Kier molecular flexibility index (Phi) is 8.49. The summed E-state index contributed by atoms with van der Waals surface area (Å²) in [4.78, 5) is 49.1. The minimum Gasteiger partial charge on any atom is -0.507 e. The van der Waals surface area contributed by atoms with Crippen molar-refractivity contribution < 1.29 is 43.2 Å². The van der Waals surface area contributed by atoms with Crippen molar-refractivity contribution in [2.45, 2.75) is 51.2 Å². The molecule has 0 aliphatic carbocycles. The number of benzene rings is 1. The fourth-order valence-electron chi connectivity index (χ4n) is 3.22. The molecule has 0 aromatic heterocycles. The first-order chi connectivity index (χ1) is 14.3. The number of hydrogen-bond acceptors (Lipinski definition) is 9. The number of carbonyl (C=O) groups excluding carboxylic acids is 4. The number of rotatable bonds is 4. The molecule has 0 fully saturated rings. The number of ether oxygens (including phenoxy) is 4. The molecular formula is C21H26O9. The second kappa shape index (κ2) is 10.8. The molecule has 1 N–H and O–H groups in total. The van der Waals surface area contributed by atoms with Crippen LogP contribution in [0.1, 0.15) is 48.5 Å². The van der Waals surface area contributed by atoms with E-state index >= 15 is 0 Å². The third-order valence-corrected chi connectivity index (χ3v) is 4.84. The van der Waals surface area contributed by atoms with Crippen molar-refractivity contribution in [2.75, 3.05) is 21.0 Å². The number of aromatic hydroxyl groups is 1. The van der Waals surface area contributed by atoms with E-state index in [4.69, 9.17) is 18.9 Å². The fourth-order valence-corrected chi connectivity index (χ4v) is 3.22. The third-order valence-electron chi connectivity index (χ3n) is 4.84. The lowest BCUT2D eigenvalue weighted by Crippen LogP contribution is -2.34. The molecular weight excluding hydrogens is 396 g/mol. The summed E-state index contributed by atoms with van der Waals surface area (Å²) < 4.78 is 21.0. The summed E-state index contributed by atoms with van der Waals surface area (Å²) in [5, 5.41) is 10.4. The van der Waals surface area contributed by atoms with Crippen LogP contribution < -0.4 is 4.74 Å². The molecule has 9 nitrogen and oxygen atoms in total. The molecule has 1 aromatic rings. The highest BCUT2D eigenvalue weighted by Crippen LogP contribution is 2.30. The maximum atomic E-state index is 12.8. The Labute approximate surface area is 174 Å². The number of esters is 1. The van der Waals surface area contributed by atoms with Gasteiger partial charge >= 0.3 is 5.97 Å². The highest BCUT2D eigenvalue weighted by atomic mass is 16.7. The summed E-state index contributed by atoms with van der Waals surface area (Å²) in [7, 11) is 2.82. The quantitative estimate of drug-likeness (QED) is 0.439. The molecule has 1 aromatic carbocycles. The molecule has 0 saturated carbocycles. The summed E-state index contributed by atoms with van der Waals surface area (Å²) >= 11 is 0. The number of cyclic esters (lactones) is 1. The molecule has 1 aliphatic rings. The molecule has 9 heteroatoms. The summed E-state index contributed by atoms with van der Waals surface area (Å²) in [6.45, 7) is 1.45. The number of ketones is 3. The first-order valence-corrected chi connectivity index (χ1v) is 9.60. The summed E-state index contributed by atoms with van der Waals surface area (Å²) in [5.74, 6) is -3.39. The Morgan fingerprint density at radius 2 is 1.77 bits per heavy atom. The average Bonchev–Trinajstić information content (AvgIpc) is 2.71. The van der Waals surface area contributed by atoms with Crippen LogP contribution in [-0.2, 0) is 35.0 Å². The standard InChI is InChI=1S/C21H26O9/c1-12-18(29-11-27-2)8-7-16(23)20(25)15(22)6-4-5-13-9-14(28-3)10-17(24)19(13)21(26)30-12/h9-10,12,18,24H,4-8,11H2,1-3H3/t12-,18?/m0/s1. The summed E-state index contributed by atoms with van der Waals surface area (Å²) in [5.41, 5.74) is 0.363. The minimum absolute atomic E-state index is 0.0416. The van der Waals surface area contributed by atoms with E-state index < -0.39 is 35.5 Å². The van der Waals surface area contributed by atoms with Crippen LogP contribution in [0.5, 0.6) is 11.5 Å². The van der Waals surface area contributed by atoms with Crippen molar-refractivity contribution in [3.63, 3.8) is 0 Å². The lowest BCUT2D eigenvalue weighted by Gasteiger charge is -2.25. The van der Waals surface area contributed by atoms with Crippen LogP contribution in [0.25, 0.3) is 0 Å². The van der Waals surface area contributed by atoms with Crippen LogP contribution in [-0.4, -0.2) is 61.6 Å². The normalized spacial score (nSPS) is 21.6. The van der Waals surface area contributed by atoms with Gasteiger partial charge in [-0.05, 0) is 37.8 Å². The predicted molar refractivity (Wildman–Crippen MR) is 103 cm³/mol. The molecule has 1 aliphatic heterocycles. The van der Waals surface area contributed by atoms with E-state index in [9.17, 15) is 24.3 Å². The van der Waals surface area contributed by atoms with E-state index in [0.29, 0.717) is 11.3 Å². The van der Waals surface area contributed by atoms with Gasteiger partial charge in [0.2, 0.25) is 11.6 Å². The van der Waals surface area contributed by atoms with Crippen molar-refractivity contribution in [1.82, 2.24) is 0 Å². The van der Waals surface area contributed by atoms with Crippen LogP contribution in [0.2, 0.25) is 0 Å².